The second-order valence-electron chi connectivity index (χ2n) is 4.30. The van der Waals surface area contributed by atoms with E-state index < -0.39 is 10.0 Å². The maximum absolute atomic E-state index is 12.6. The largest absolute Gasteiger partial charge is 0.378 e. The van der Waals surface area contributed by atoms with E-state index in [1.54, 1.807) is 6.92 Å². The summed E-state index contributed by atoms with van der Waals surface area (Å²) in [6, 6.07) is -0.179. The number of nitrogens with one attached hydrogen (secondary N) is 1. The van der Waals surface area contributed by atoms with E-state index >= 15 is 0 Å². The summed E-state index contributed by atoms with van der Waals surface area (Å²) in [6.45, 7) is 4.69. The van der Waals surface area contributed by atoms with Crippen LogP contribution in [-0.2, 0) is 20.6 Å². The molecule has 1 N–H and O–H groups in total. The quantitative estimate of drug-likeness (QED) is 0.839. The van der Waals surface area contributed by atoms with Crippen LogP contribution >= 0.6 is 11.6 Å². The number of halogens is 1. The van der Waals surface area contributed by atoms with Gasteiger partial charge in [-0.15, -0.1) is 11.6 Å². The number of nitrogens with zero attached hydrogens (tertiary/aromatic N) is 2. The van der Waals surface area contributed by atoms with E-state index in [2.05, 4.69) is 10.2 Å². The molecule has 8 heteroatoms. The van der Waals surface area contributed by atoms with Crippen molar-refractivity contribution in [1.29, 1.82) is 0 Å². The highest BCUT2D eigenvalue weighted by atomic mass is 35.5. The second kappa shape index (κ2) is 5.16. The Labute approximate surface area is 111 Å². The van der Waals surface area contributed by atoms with Crippen molar-refractivity contribution in [3.8, 4) is 0 Å². The zero-order valence-electron chi connectivity index (χ0n) is 10.3. The summed E-state index contributed by atoms with van der Waals surface area (Å²) in [4.78, 5) is 0.200. The summed E-state index contributed by atoms with van der Waals surface area (Å²) in [5.74, 6) is 0.0671. The fraction of sp³-hybridized carbons (Fsp3) is 0.700. The standard InChI is InChI=1S/C10H16ClN3O3S/c1-7-6-17-4-3-14(7)18(15,16)10-8(2)12-13-9(10)5-11/h7H,3-6H2,1-2H3,(H,12,13). The number of hydrogen-bond acceptors (Lipinski definition) is 4. The van der Waals surface area contributed by atoms with Crippen molar-refractivity contribution < 1.29 is 13.2 Å². The monoisotopic (exact) mass is 293 g/mol. The molecule has 1 unspecified atom stereocenters. The number of aromatic nitrogens is 2. The lowest BCUT2D eigenvalue weighted by Gasteiger charge is -2.32. The maximum atomic E-state index is 12.6. The molecule has 1 saturated heterocycles. The molecule has 0 saturated carbocycles. The number of aryl methyl sites for hydroxylation is 1. The fourth-order valence-electron chi connectivity index (χ4n) is 2.09. The minimum Gasteiger partial charge on any atom is -0.378 e. The second-order valence-corrected chi connectivity index (χ2v) is 6.39. The summed E-state index contributed by atoms with van der Waals surface area (Å²) < 4.78 is 31.9. The first-order valence-electron chi connectivity index (χ1n) is 5.68. The molecule has 0 aromatic carbocycles. The van der Waals surface area contributed by atoms with Crippen LogP contribution in [0.2, 0.25) is 0 Å². The SMILES string of the molecule is Cc1[nH]nc(CCl)c1S(=O)(=O)N1CCOCC1C. The molecule has 1 aliphatic heterocycles. The molecule has 1 aromatic rings. The lowest BCUT2D eigenvalue weighted by Crippen LogP contribution is -2.47. The van der Waals surface area contributed by atoms with Gasteiger partial charge >= 0.3 is 0 Å². The van der Waals surface area contributed by atoms with Gasteiger partial charge in [0, 0.05) is 12.6 Å². The average Bonchev–Trinajstić information content (AvgIpc) is 2.71. The number of sulfonamides is 1. The summed E-state index contributed by atoms with van der Waals surface area (Å²) in [6.07, 6.45) is 0. The Morgan fingerprint density at radius 2 is 2.33 bits per heavy atom. The Balaban J connectivity index is 2.44. The molecule has 102 valence electrons. The zero-order valence-corrected chi connectivity index (χ0v) is 11.9. The molecule has 0 bridgehead atoms. The van der Waals surface area contributed by atoms with E-state index in [0.717, 1.165) is 0 Å². The van der Waals surface area contributed by atoms with Crippen LogP contribution in [0.4, 0.5) is 0 Å². The van der Waals surface area contributed by atoms with Gasteiger partial charge in [0.15, 0.2) is 0 Å². The van der Waals surface area contributed by atoms with Crippen LogP contribution in [0.1, 0.15) is 18.3 Å². The highest BCUT2D eigenvalue weighted by molar-refractivity contribution is 7.89. The fourth-order valence-corrected chi connectivity index (χ4v) is 4.29. The third-order valence-electron chi connectivity index (χ3n) is 2.96. The molecule has 0 aliphatic carbocycles. The van der Waals surface area contributed by atoms with E-state index in [1.807, 2.05) is 6.92 Å². The van der Waals surface area contributed by atoms with Gasteiger partial charge in [0.1, 0.15) is 4.90 Å². The highest BCUT2D eigenvalue weighted by Crippen LogP contribution is 2.25. The number of alkyl halides is 1. The van der Waals surface area contributed by atoms with Crippen molar-refractivity contribution in [3.63, 3.8) is 0 Å². The van der Waals surface area contributed by atoms with Gasteiger partial charge in [-0.2, -0.15) is 9.40 Å². The predicted molar refractivity (Wildman–Crippen MR) is 67.1 cm³/mol. The van der Waals surface area contributed by atoms with Crippen LogP contribution in [0.15, 0.2) is 4.90 Å². The normalized spacial score (nSPS) is 22.3. The zero-order chi connectivity index (χ0) is 13.3. The summed E-state index contributed by atoms with van der Waals surface area (Å²) in [5, 5.41) is 6.60. The van der Waals surface area contributed by atoms with Crippen LogP contribution in [-0.4, -0.2) is 48.7 Å². The van der Waals surface area contributed by atoms with Gasteiger partial charge in [0.25, 0.3) is 0 Å². The molecular formula is C10H16ClN3O3S. The minimum atomic E-state index is -3.57. The molecule has 1 atom stereocenters. The topological polar surface area (TPSA) is 75.3 Å². The van der Waals surface area contributed by atoms with Crippen molar-refractivity contribution in [2.45, 2.75) is 30.7 Å². The molecular weight excluding hydrogens is 278 g/mol. The molecule has 6 nitrogen and oxygen atoms in total. The summed E-state index contributed by atoms with van der Waals surface area (Å²) in [7, 11) is -3.57. The number of morpholine rings is 1. The lowest BCUT2D eigenvalue weighted by atomic mass is 10.3. The predicted octanol–water partition coefficient (Wildman–Crippen LogP) is 0.866. The number of H-pyrrole nitrogens is 1. The van der Waals surface area contributed by atoms with Gasteiger partial charge in [0.05, 0.1) is 30.5 Å². The van der Waals surface area contributed by atoms with Gasteiger partial charge in [-0.25, -0.2) is 8.42 Å². The van der Waals surface area contributed by atoms with Crippen molar-refractivity contribution in [1.82, 2.24) is 14.5 Å². The Morgan fingerprint density at radius 1 is 1.61 bits per heavy atom. The van der Waals surface area contributed by atoms with Crippen LogP contribution in [0.25, 0.3) is 0 Å². The molecule has 1 aliphatic rings. The summed E-state index contributed by atoms with van der Waals surface area (Å²) >= 11 is 5.74. The minimum absolute atomic E-state index is 0.0671. The van der Waals surface area contributed by atoms with Gasteiger partial charge in [-0.3, -0.25) is 5.10 Å². The van der Waals surface area contributed by atoms with Gasteiger partial charge in [-0.05, 0) is 13.8 Å². The van der Waals surface area contributed by atoms with Gasteiger partial charge in [0.2, 0.25) is 10.0 Å². The molecule has 0 radical (unpaired) electrons. The molecule has 1 fully saturated rings. The van der Waals surface area contributed by atoms with Crippen LogP contribution in [0.5, 0.6) is 0 Å². The molecule has 0 amide bonds. The first-order chi connectivity index (χ1) is 8.48. The Kier molecular flexibility index (Phi) is 3.96. The van der Waals surface area contributed by atoms with Gasteiger partial charge in [-0.1, -0.05) is 0 Å². The molecule has 1 aromatic heterocycles. The van der Waals surface area contributed by atoms with Crippen LogP contribution < -0.4 is 0 Å². The molecule has 0 spiro atoms. The number of ether oxygens (including phenoxy) is 1. The number of hydrogen-bond donors (Lipinski definition) is 1. The molecule has 18 heavy (non-hydrogen) atoms. The van der Waals surface area contributed by atoms with E-state index in [-0.39, 0.29) is 16.8 Å². The molecule has 2 heterocycles. The average molecular weight is 294 g/mol. The van der Waals surface area contributed by atoms with E-state index in [4.69, 9.17) is 16.3 Å². The van der Waals surface area contributed by atoms with Gasteiger partial charge < -0.3 is 4.74 Å². The highest BCUT2D eigenvalue weighted by Gasteiger charge is 2.35. The van der Waals surface area contributed by atoms with E-state index in [0.29, 0.717) is 31.1 Å². The number of aromatic amines is 1. The first-order valence-corrected chi connectivity index (χ1v) is 7.65. The summed E-state index contributed by atoms with van der Waals surface area (Å²) in [5.41, 5.74) is 0.886. The molecule has 2 rings (SSSR count). The maximum Gasteiger partial charge on any atom is 0.247 e. The van der Waals surface area contributed by atoms with E-state index in [9.17, 15) is 8.42 Å². The van der Waals surface area contributed by atoms with Crippen LogP contribution in [0.3, 0.4) is 0 Å². The number of rotatable bonds is 3. The van der Waals surface area contributed by atoms with E-state index in [1.165, 1.54) is 4.31 Å². The lowest BCUT2D eigenvalue weighted by molar-refractivity contribution is 0.0392. The van der Waals surface area contributed by atoms with Crippen molar-refractivity contribution in [3.05, 3.63) is 11.4 Å². The van der Waals surface area contributed by atoms with Crippen LogP contribution in [0, 0.1) is 6.92 Å². The third-order valence-corrected chi connectivity index (χ3v) is 5.43. The Hall–Kier alpha value is -0.630. The van der Waals surface area contributed by atoms with Crippen molar-refractivity contribution in [2.75, 3.05) is 19.8 Å². The first kappa shape index (κ1) is 13.8. The van der Waals surface area contributed by atoms with Crippen molar-refractivity contribution >= 4 is 21.6 Å². The third kappa shape index (κ3) is 2.27. The smallest absolute Gasteiger partial charge is 0.247 e. The Morgan fingerprint density at radius 3 is 2.94 bits per heavy atom. The Bertz CT molecular complexity index is 528. The van der Waals surface area contributed by atoms with Crippen molar-refractivity contribution in [2.24, 2.45) is 0 Å².